The third-order valence-corrected chi connectivity index (χ3v) is 4.33. The van der Waals surface area contributed by atoms with Gasteiger partial charge in [0.25, 0.3) is 0 Å². The summed E-state index contributed by atoms with van der Waals surface area (Å²) in [6.45, 7) is 0. The first-order valence-corrected chi connectivity index (χ1v) is 7.72. The smallest absolute Gasteiger partial charge is 0.130 e. The van der Waals surface area contributed by atoms with Crippen LogP contribution in [0.2, 0.25) is 0 Å². The molecule has 5 heteroatoms. The Kier molecular flexibility index (Phi) is 3.84. The van der Waals surface area contributed by atoms with Crippen molar-refractivity contribution in [2.75, 3.05) is 0 Å². The average molecular weight is 402 g/mol. The van der Waals surface area contributed by atoms with Gasteiger partial charge in [0.05, 0.1) is 6.10 Å². The van der Waals surface area contributed by atoms with E-state index in [0.29, 0.717) is 17.7 Å². The highest BCUT2D eigenvalue weighted by molar-refractivity contribution is 9.10. The van der Waals surface area contributed by atoms with Crippen LogP contribution in [0.5, 0.6) is 5.75 Å². The van der Waals surface area contributed by atoms with E-state index in [1.54, 1.807) is 18.2 Å². The molecule has 0 saturated heterocycles. The molecule has 0 spiro atoms. The van der Waals surface area contributed by atoms with E-state index in [2.05, 4.69) is 31.9 Å². The van der Waals surface area contributed by atoms with Gasteiger partial charge in [-0.2, -0.15) is 0 Å². The van der Waals surface area contributed by atoms with Crippen molar-refractivity contribution in [2.24, 2.45) is 0 Å². The van der Waals surface area contributed by atoms with Gasteiger partial charge in [-0.05, 0) is 30.3 Å². The summed E-state index contributed by atoms with van der Waals surface area (Å²) < 4.78 is 21.4. The molecule has 2 unspecified atom stereocenters. The molecule has 2 nitrogen and oxygen atoms in total. The van der Waals surface area contributed by atoms with Gasteiger partial charge in [0.15, 0.2) is 0 Å². The zero-order valence-electron chi connectivity index (χ0n) is 10.3. The Morgan fingerprint density at radius 3 is 2.55 bits per heavy atom. The van der Waals surface area contributed by atoms with Crippen LogP contribution in [0.25, 0.3) is 0 Å². The molecule has 2 aromatic rings. The monoisotopic (exact) mass is 400 g/mol. The molecule has 1 aliphatic heterocycles. The van der Waals surface area contributed by atoms with E-state index in [1.165, 1.54) is 6.07 Å². The number of aliphatic hydroxyl groups excluding tert-OH is 1. The first kappa shape index (κ1) is 14.0. The molecule has 0 amide bonds. The first-order valence-electron chi connectivity index (χ1n) is 6.13. The fourth-order valence-electron chi connectivity index (χ4n) is 2.37. The number of rotatable bonds is 1. The summed E-state index contributed by atoms with van der Waals surface area (Å²) in [5.74, 6) is 0.256. The Labute approximate surface area is 132 Å². The number of aliphatic hydroxyl groups is 1. The number of fused-ring (bicyclic) bond motifs is 1. The highest BCUT2D eigenvalue weighted by Crippen LogP contribution is 2.42. The molecule has 0 saturated carbocycles. The molecule has 1 aliphatic rings. The summed E-state index contributed by atoms with van der Waals surface area (Å²) >= 11 is 6.70. The lowest BCUT2D eigenvalue weighted by Gasteiger charge is -2.30. The molecule has 0 aromatic heterocycles. The minimum atomic E-state index is -0.657. The number of halogens is 3. The molecule has 1 heterocycles. The lowest BCUT2D eigenvalue weighted by molar-refractivity contribution is 0.0639. The second kappa shape index (κ2) is 5.47. The summed E-state index contributed by atoms with van der Waals surface area (Å²) in [7, 11) is 0. The van der Waals surface area contributed by atoms with Crippen LogP contribution in [0.3, 0.4) is 0 Å². The summed E-state index contributed by atoms with van der Waals surface area (Å²) in [6, 6.07) is 10.2. The van der Waals surface area contributed by atoms with Gasteiger partial charge >= 0.3 is 0 Å². The largest absolute Gasteiger partial charge is 0.485 e. The summed E-state index contributed by atoms with van der Waals surface area (Å²) in [6.07, 6.45) is -0.818. The van der Waals surface area contributed by atoms with E-state index >= 15 is 0 Å². The van der Waals surface area contributed by atoms with Gasteiger partial charge in [-0.1, -0.05) is 37.9 Å². The predicted molar refractivity (Wildman–Crippen MR) is 81.2 cm³/mol. The molecule has 0 radical (unpaired) electrons. The number of ether oxygens (including phenoxy) is 1. The Morgan fingerprint density at radius 2 is 1.75 bits per heavy atom. The van der Waals surface area contributed by atoms with Gasteiger partial charge in [-0.3, -0.25) is 0 Å². The van der Waals surface area contributed by atoms with Gasteiger partial charge in [-0.25, -0.2) is 4.39 Å². The van der Waals surface area contributed by atoms with Crippen LogP contribution < -0.4 is 4.74 Å². The van der Waals surface area contributed by atoms with Crippen LogP contribution in [-0.4, -0.2) is 5.11 Å². The maximum atomic E-state index is 13.9. The Bertz CT molecular complexity index is 660. The second-order valence-corrected chi connectivity index (χ2v) is 6.54. The molecule has 0 bridgehead atoms. The van der Waals surface area contributed by atoms with E-state index < -0.39 is 12.2 Å². The number of hydrogen-bond acceptors (Lipinski definition) is 2. The van der Waals surface area contributed by atoms with Gasteiger partial charge in [0.1, 0.15) is 17.7 Å². The third-order valence-electron chi connectivity index (χ3n) is 3.35. The maximum Gasteiger partial charge on any atom is 0.130 e. The Hall–Kier alpha value is -0.910. The van der Waals surface area contributed by atoms with Crippen molar-refractivity contribution in [2.45, 2.75) is 18.6 Å². The van der Waals surface area contributed by atoms with Crippen LogP contribution in [0.4, 0.5) is 4.39 Å². The topological polar surface area (TPSA) is 29.5 Å². The molecule has 0 fully saturated rings. The Balaban J connectivity index is 2.00. The van der Waals surface area contributed by atoms with Crippen molar-refractivity contribution in [1.29, 1.82) is 0 Å². The van der Waals surface area contributed by atoms with Crippen molar-refractivity contribution in [1.82, 2.24) is 0 Å². The SMILES string of the molecule is OC1CC(c2cc(Br)ccc2F)Oc2cc(Br)ccc21. The number of hydrogen-bond donors (Lipinski definition) is 1. The molecule has 104 valence electrons. The molecule has 2 atom stereocenters. The first-order chi connectivity index (χ1) is 9.54. The zero-order chi connectivity index (χ0) is 14.3. The fourth-order valence-corrected chi connectivity index (χ4v) is 3.09. The minimum Gasteiger partial charge on any atom is -0.485 e. The van der Waals surface area contributed by atoms with Gasteiger partial charge in [0, 0.05) is 26.5 Å². The minimum absolute atomic E-state index is 0.330. The Morgan fingerprint density at radius 1 is 1.05 bits per heavy atom. The van der Waals surface area contributed by atoms with Crippen molar-refractivity contribution in [3.05, 3.63) is 62.3 Å². The lowest BCUT2D eigenvalue weighted by Crippen LogP contribution is -2.20. The normalized spacial score (nSPS) is 21.2. The van der Waals surface area contributed by atoms with Crippen LogP contribution in [-0.2, 0) is 0 Å². The summed E-state index contributed by atoms with van der Waals surface area (Å²) in [5, 5.41) is 10.2. The predicted octanol–water partition coefficient (Wildman–Crippen LogP) is 4.91. The molecular weight excluding hydrogens is 391 g/mol. The van der Waals surface area contributed by atoms with Crippen LogP contribution >= 0.6 is 31.9 Å². The van der Waals surface area contributed by atoms with Crippen LogP contribution in [0, 0.1) is 5.82 Å². The van der Waals surface area contributed by atoms with Crippen molar-refractivity contribution in [3.63, 3.8) is 0 Å². The molecule has 1 N–H and O–H groups in total. The zero-order valence-corrected chi connectivity index (χ0v) is 13.5. The molecule has 3 rings (SSSR count). The van der Waals surface area contributed by atoms with Crippen molar-refractivity contribution < 1.29 is 14.2 Å². The highest BCUT2D eigenvalue weighted by Gasteiger charge is 2.29. The fraction of sp³-hybridized carbons (Fsp3) is 0.200. The van der Waals surface area contributed by atoms with Gasteiger partial charge in [0.2, 0.25) is 0 Å². The van der Waals surface area contributed by atoms with Crippen molar-refractivity contribution in [3.8, 4) is 5.75 Å². The molecule has 2 aromatic carbocycles. The van der Waals surface area contributed by atoms with Crippen LogP contribution in [0.1, 0.15) is 29.8 Å². The van der Waals surface area contributed by atoms with Crippen LogP contribution in [0.15, 0.2) is 45.3 Å². The molecule has 0 aliphatic carbocycles. The van der Waals surface area contributed by atoms with E-state index in [4.69, 9.17) is 4.74 Å². The lowest BCUT2D eigenvalue weighted by atomic mass is 9.95. The van der Waals surface area contributed by atoms with E-state index in [0.717, 1.165) is 14.5 Å². The maximum absolute atomic E-state index is 13.9. The van der Waals surface area contributed by atoms with Gasteiger partial charge in [-0.15, -0.1) is 0 Å². The van der Waals surface area contributed by atoms with E-state index in [1.807, 2.05) is 12.1 Å². The quantitative estimate of drug-likeness (QED) is 0.735. The third kappa shape index (κ3) is 2.62. The average Bonchev–Trinajstić information content (AvgIpc) is 2.41. The molecule has 20 heavy (non-hydrogen) atoms. The number of benzene rings is 2. The van der Waals surface area contributed by atoms with E-state index in [-0.39, 0.29) is 5.82 Å². The van der Waals surface area contributed by atoms with E-state index in [9.17, 15) is 9.50 Å². The second-order valence-electron chi connectivity index (χ2n) is 4.71. The standard InChI is InChI=1S/C15H11Br2FO2/c16-8-2-4-12(18)11(5-8)15-7-13(19)10-3-1-9(17)6-14(10)20-15/h1-6,13,15,19H,7H2. The molecular formula is C15H11Br2FO2. The summed E-state index contributed by atoms with van der Waals surface area (Å²) in [5.41, 5.74) is 1.18. The van der Waals surface area contributed by atoms with Crippen molar-refractivity contribution >= 4 is 31.9 Å². The van der Waals surface area contributed by atoms with Gasteiger partial charge < -0.3 is 9.84 Å². The summed E-state index contributed by atoms with van der Waals surface area (Å²) in [4.78, 5) is 0. The highest BCUT2D eigenvalue weighted by atomic mass is 79.9.